The highest BCUT2D eigenvalue weighted by atomic mass is 15.1. The fraction of sp³-hybridized carbons (Fsp3) is 0.164. The first-order valence-electron chi connectivity index (χ1n) is 20.5. The van der Waals surface area contributed by atoms with Crippen LogP contribution in [0.2, 0.25) is 0 Å². The zero-order chi connectivity index (χ0) is 37.6. The van der Waals surface area contributed by atoms with Crippen molar-refractivity contribution in [2.24, 2.45) is 0 Å². The molecule has 1 heteroatoms. The number of fused-ring (bicyclic) bond motifs is 4. The first-order chi connectivity index (χ1) is 27.6. The van der Waals surface area contributed by atoms with Crippen molar-refractivity contribution in [2.45, 2.75) is 57.3 Å². The Hall–Kier alpha value is -6.18. The Morgan fingerprint density at radius 1 is 0.446 bits per heavy atom. The van der Waals surface area contributed by atoms with E-state index >= 15 is 0 Å². The topological polar surface area (TPSA) is 3.24 Å². The van der Waals surface area contributed by atoms with Crippen molar-refractivity contribution in [3.63, 3.8) is 0 Å². The molecule has 0 aliphatic heterocycles. The predicted octanol–water partition coefficient (Wildman–Crippen LogP) is 15.7. The van der Waals surface area contributed by atoms with E-state index in [0.29, 0.717) is 5.92 Å². The lowest BCUT2D eigenvalue weighted by Gasteiger charge is -2.34. The Morgan fingerprint density at radius 2 is 1.02 bits per heavy atom. The van der Waals surface area contributed by atoms with Gasteiger partial charge in [0.05, 0.1) is 11.4 Å². The zero-order valence-corrected chi connectivity index (χ0v) is 32.4. The predicted molar refractivity (Wildman–Crippen MR) is 238 cm³/mol. The summed E-state index contributed by atoms with van der Waals surface area (Å²) in [6.45, 7) is 4.92. The Morgan fingerprint density at radius 3 is 1.73 bits per heavy atom. The molecule has 0 amide bonds. The molecule has 0 radical (unpaired) electrons. The molecule has 0 atom stereocenters. The maximum absolute atomic E-state index is 2.56. The number of hydrogen-bond acceptors (Lipinski definition) is 1. The summed E-state index contributed by atoms with van der Waals surface area (Å²) in [7, 11) is 0. The summed E-state index contributed by atoms with van der Waals surface area (Å²) in [6.07, 6.45) is 6.54. The van der Waals surface area contributed by atoms with Crippen LogP contribution < -0.4 is 4.90 Å². The second-order valence-electron chi connectivity index (χ2n) is 16.3. The van der Waals surface area contributed by atoms with Crippen molar-refractivity contribution in [3.05, 3.63) is 199 Å². The van der Waals surface area contributed by atoms with E-state index in [0.717, 1.165) is 5.69 Å². The van der Waals surface area contributed by atoms with Crippen LogP contribution in [-0.2, 0) is 5.41 Å². The third-order valence-corrected chi connectivity index (χ3v) is 12.7. The summed E-state index contributed by atoms with van der Waals surface area (Å²) in [4.78, 5) is 2.56. The molecule has 272 valence electrons. The van der Waals surface area contributed by atoms with Crippen LogP contribution in [0.25, 0.3) is 55.3 Å². The highest BCUT2D eigenvalue weighted by Gasteiger charge is 2.41. The minimum Gasteiger partial charge on any atom is -0.309 e. The van der Waals surface area contributed by atoms with E-state index in [2.05, 4.69) is 201 Å². The second kappa shape index (κ2) is 14.2. The third-order valence-electron chi connectivity index (χ3n) is 12.7. The Bertz CT molecular complexity index is 2700. The van der Waals surface area contributed by atoms with Crippen LogP contribution in [0.1, 0.15) is 68.6 Å². The van der Waals surface area contributed by atoms with Gasteiger partial charge in [-0.25, -0.2) is 0 Å². The van der Waals surface area contributed by atoms with Gasteiger partial charge in [0.2, 0.25) is 0 Å². The fourth-order valence-electron chi connectivity index (χ4n) is 10.0. The van der Waals surface area contributed by atoms with Crippen LogP contribution in [0.15, 0.2) is 182 Å². The Kier molecular flexibility index (Phi) is 8.67. The van der Waals surface area contributed by atoms with E-state index in [9.17, 15) is 0 Å². The number of para-hydroxylation sites is 1. The molecule has 1 nitrogen and oxygen atoms in total. The Labute approximate surface area is 331 Å². The molecule has 0 spiro atoms. The van der Waals surface area contributed by atoms with Crippen molar-refractivity contribution < 1.29 is 0 Å². The molecular formula is C55H47N. The molecule has 2 aliphatic carbocycles. The van der Waals surface area contributed by atoms with Gasteiger partial charge in [0, 0.05) is 22.2 Å². The molecule has 0 N–H and O–H groups in total. The van der Waals surface area contributed by atoms with Crippen LogP contribution in [0.4, 0.5) is 17.1 Å². The normalized spacial score (nSPS) is 14.7. The van der Waals surface area contributed by atoms with Gasteiger partial charge in [-0.3, -0.25) is 0 Å². The first-order valence-corrected chi connectivity index (χ1v) is 20.5. The number of hydrogen-bond donors (Lipinski definition) is 0. The van der Waals surface area contributed by atoms with E-state index in [1.165, 1.54) is 110 Å². The smallest absolute Gasteiger partial charge is 0.0543 e. The first kappa shape index (κ1) is 34.3. The highest BCUT2D eigenvalue weighted by Crippen LogP contribution is 2.58. The summed E-state index contributed by atoms with van der Waals surface area (Å²) >= 11 is 0. The van der Waals surface area contributed by atoms with Gasteiger partial charge in [0.25, 0.3) is 0 Å². The third kappa shape index (κ3) is 5.77. The molecule has 0 heterocycles. The van der Waals surface area contributed by atoms with Crippen molar-refractivity contribution in [1.82, 2.24) is 0 Å². The monoisotopic (exact) mass is 721 g/mol. The Balaban J connectivity index is 1.23. The van der Waals surface area contributed by atoms with E-state index in [-0.39, 0.29) is 5.41 Å². The van der Waals surface area contributed by atoms with Gasteiger partial charge in [0.1, 0.15) is 0 Å². The molecule has 0 saturated heterocycles. The van der Waals surface area contributed by atoms with Crippen LogP contribution in [0.3, 0.4) is 0 Å². The maximum atomic E-state index is 2.56. The summed E-state index contributed by atoms with van der Waals surface area (Å²) in [5, 5.41) is 2.53. The molecule has 0 aromatic heterocycles. The molecule has 8 aromatic rings. The quantitative estimate of drug-likeness (QED) is 0.158. The minimum absolute atomic E-state index is 0.111. The molecule has 0 bridgehead atoms. The largest absolute Gasteiger partial charge is 0.309 e. The summed E-state index contributed by atoms with van der Waals surface area (Å²) in [5.74, 6) is 0.598. The van der Waals surface area contributed by atoms with E-state index < -0.39 is 0 Å². The van der Waals surface area contributed by atoms with Gasteiger partial charge in [-0.1, -0.05) is 191 Å². The summed E-state index contributed by atoms with van der Waals surface area (Å²) < 4.78 is 0. The number of benzene rings is 8. The molecule has 0 unspecified atom stereocenters. The van der Waals surface area contributed by atoms with E-state index in [1.807, 2.05) is 0 Å². The van der Waals surface area contributed by atoms with Crippen molar-refractivity contribution in [2.75, 3.05) is 4.90 Å². The number of anilines is 3. The number of rotatable bonds is 7. The molecule has 1 saturated carbocycles. The molecule has 2 aliphatic rings. The number of nitrogens with zero attached hydrogens (tertiary/aromatic N) is 1. The molecule has 56 heavy (non-hydrogen) atoms. The van der Waals surface area contributed by atoms with Gasteiger partial charge in [-0.05, 0) is 104 Å². The molecule has 1 fully saturated rings. The lowest BCUT2D eigenvalue weighted by molar-refractivity contribution is 0.438. The van der Waals surface area contributed by atoms with Gasteiger partial charge in [-0.2, -0.15) is 0 Å². The fourth-order valence-corrected chi connectivity index (χ4v) is 10.0. The molecule has 8 aromatic carbocycles. The average molecular weight is 722 g/mol. The lowest BCUT2D eigenvalue weighted by Crippen LogP contribution is -2.20. The van der Waals surface area contributed by atoms with Crippen LogP contribution >= 0.6 is 0 Å². The van der Waals surface area contributed by atoms with Crippen molar-refractivity contribution in [1.29, 1.82) is 0 Å². The van der Waals surface area contributed by atoms with Gasteiger partial charge >= 0.3 is 0 Å². The highest BCUT2D eigenvalue weighted by molar-refractivity contribution is 6.06. The van der Waals surface area contributed by atoms with E-state index in [4.69, 9.17) is 0 Å². The van der Waals surface area contributed by atoms with Gasteiger partial charge < -0.3 is 4.90 Å². The van der Waals surface area contributed by atoms with Crippen LogP contribution in [-0.4, -0.2) is 0 Å². The molecule has 10 rings (SSSR count). The van der Waals surface area contributed by atoms with Gasteiger partial charge in [-0.15, -0.1) is 0 Å². The maximum Gasteiger partial charge on any atom is 0.0543 e. The van der Waals surface area contributed by atoms with E-state index in [1.54, 1.807) is 5.56 Å². The lowest BCUT2D eigenvalue weighted by atomic mass is 9.74. The second-order valence-corrected chi connectivity index (χ2v) is 16.3. The van der Waals surface area contributed by atoms with Crippen LogP contribution in [0, 0.1) is 0 Å². The van der Waals surface area contributed by atoms with Gasteiger partial charge in [0.15, 0.2) is 0 Å². The summed E-state index contributed by atoms with van der Waals surface area (Å²) in [5.41, 5.74) is 18.1. The van der Waals surface area contributed by atoms with Crippen molar-refractivity contribution in [3.8, 4) is 44.5 Å². The molecular weight excluding hydrogens is 675 g/mol. The average Bonchev–Trinajstić information content (AvgIpc) is 3.51. The summed E-state index contributed by atoms with van der Waals surface area (Å²) in [6, 6.07) is 67.5. The SMILES string of the molecule is CC1(C)c2ccccc2-c2c(N(c3cccc(-c4ccc(-c5ccccc5)c5ccccc45)c3)c3ccccc3-c3ccccc3)ccc(C3CCCCC3)c21. The minimum atomic E-state index is -0.111. The zero-order valence-electron chi connectivity index (χ0n) is 32.4. The van der Waals surface area contributed by atoms with Crippen LogP contribution in [0.5, 0.6) is 0 Å². The standard InChI is InChI=1S/C55H47N/c1-55(2)50-31-16-14-30-49(50)53-52(36-35-46(54(53)55)40-23-10-5-11-24-40)56(51-32-17-15-27-45(51)39-21-8-4-9-22-39)42-26-18-25-41(37-42)44-34-33-43(38-19-6-3-7-20-38)47-28-12-13-29-48(44)47/h3-4,6-9,12-22,25-37,40H,5,10-11,23-24H2,1-2H3. The van der Waals surface area contributed by atoms with Crippen molar-refractivity contribution >= 4 is 27.8 Å².